The van der Waals surface area contributed by atoms with Crippen molar-refractivity contribution < 1.29 is 22.7 Å². The van der Waals surface area contributed by atoms with E-state index in [2.05, 4.69) is 14.5 Å². The van der Waals surface area contributed by atoms with Crippen LogP contribution >= 0.6 is 0 Å². The van der Waals surface area contributed by atoms with E-state index in [1.54, 1.807) is 43.0 Å². The van der Waals surface area contributed by atoms with Crippen LogP contribution in [-0.2, 0) is 19.6 Å². The van der Waals surface area contributed by atoms with Gasteiger partial charge in [-0.1, -0.05) is 30.3 Å². The van der Waals surface area contributed by atoms with Gasteiger partial charge in [0, 0.05) is 31.8 Å². The van der Waals surface area contributed by atoms with Crippen LogP contribution in [0.5, 0.6) is 0 Å². The number of carbonyl (C=O) groups is 2. The Morgan fingerprint density at radius 2 is 1.83 bits per heavy atom. The molecule has 9 nitrogen and oxygen atoms in total. The number of carbonyl (C=O) groups excluding carboxylic acids is 2. The third-order valence-corrected chi connectivity index (χ3v) is 6.63. The highest BCUT2D eigenvalue weighted by Gasteiger charge is 2.34. The minimum Gasteiger partial charge on any atom is -0.467 e. The molecule has 0 unspecified atom stereocenters. The van der Waals surface area contributed by atoms with Crippen molar-refractivity contribution in [1.82, 2.24) is 15.1 Å². The molecule has 3 rings (SSSR count). The molecule has 1 N–H and O–H groups in total. The lowest BCUT2D eigenvalue weighted by Crippen LogP contribution is -2.48. The SMILES string of the molecule is COC(=O)[C@@H](C)NC(=O)N1CCCN(C2=NS(=O)(=O)C(c3ccccc3)=C2C)CC1. The summed E-state index contributed by atoms with van der Waals surface area (Å²) in [5.74, 6) is -0.0847. The van der Waals surface area contributed by atoms with E-state index < -0.39 is 22.0 Å². The molecule has 1 saturated heterocycles. The summed E-state index contributed by atoms with van der Waals surface area (Å²) in [6.07, 6.45) is 0.646. The molecule has 10 heteroatoms. The van der Waals surface area contributed by atoms with Crippen molar-refractivity contribution in [3.63, 3.8) is 0 Å². The van der Waals surface area contributed by atoms with E-state index in [0.717, 1.165) is 0 Å². The number of hydrogen-bond acceptors (Lipinski definition) is 6. The predicted molar refractivity (Wildman–Crippen MR) is 113 cm³/mol. The number of rotatable bonds is 3. The van der Waals surface area contributed by atoms with Crippen LogP contribution in [0.3, 0.4) is 0 Å². The quantitative estimate of drug-likeness (QED) is 0.721. The van der Waals surface area contributed by atoms with Crippen LogP contribution < -0.4 is 5.32 Å². The number of esters is 1. The fourth-order valence-electron chi connectivity index (χ4n) is 3.62. The molecule has 0 saturated carbocycles. The number of methoxy groups -OCH3 is 1. The van der Waals surface area contributed by atoms with Crippen LogP contribution in [0.15, 0.2) is 40.3 Å². The molecular formula is C20H26N4O5S. The second kappa shape index (κ2) is 8.86. The van der Waals surface area contributed by atoms with Gasteiger partial charge in [-0.3, -0.25) is 0 Å². The number of benzene rings is 1. The lowest BCUT2D eigenvalue weighted by molar-refractivity contribution is -0.142. The topological polar surface area (TPSA) is 108 Å². The molecule has 1 atom stereocenters. The number of amides is 2. The van der Waals surface area contributed by atoms with Gasteiger partial charge in [-0.25, -0.2) is 9.59 Å². The molecule has 1 aromatic carbocycles. The van der Waals surface area contributed by atoms with Crippen LogP contribution in [0.25, 0.3) is 4.91 Å². The predicted octanol–water partition coefficient (Wildman–Crippen LogP) is 1.44. The summed E-state index contributed by atoms with van der Waals surface area (Å²) in [5, 5.41) is 2.62. The highest BCUT2D eigenvalue weighted by molar-refractivity contribution is 8.00. The Bertz CT molecular complexity index is 988. The summed E-state index contributed by atoms with van der Waals surface area (Å²) in [7, 11) is -2.51. The Labute approximate surface area is 176 Å². The fraction of sp³-hybridized carbons (Fsp3) is 0.450. The van der Waals surface area contributed by atoms with Gasteiger partial charge in [0.15, 0.2) is 0 Å². The number of hydrogen-bond donors (Lipinski definition) is 1. The van der Waals surface area contributed by atoms with Crippen molar-refractivity contribution in [2.75, 3.05) is 33.3 Å². The van der Waals surface area contributed by atoms with Gasteiger partial charge in [0.05, 0.1) is 7.11 Å². The zero-order valence-corrected chi connectivity index (χ0v) is 18.1. The van der Waals surface area contributed by atoms with Crippen molar-refractivity contribution in [3.8, 4) is 0 Å². The molecule has 162 valence electrons. The second-order valence-corrected chi connectivity index (χ2v) is 8.77. The minimum absolute atomic E-state index is 0.226. The van der Waals surface area contributed by atoms with Crippen LogP contribution in [0.1, 0.15) is 25.8 Å². The van der Waals surface area contributed by atoms with Gasteiger partial charge in [-0.15, -0.1) is 4.40 Å². The summed E-state index contributed by atoms with van der Waals surface area (Å²) in [6, 6.07) is 7.83. The molecule has 1 aromatic rings. The maximum Gasteiger partial charge on any atom is 0.328 e. The molecule has 0 aromatic heterocycles. The first-order chi connectivity index (χ1) is 14.2. The number of urea groups is 1. The van der Waals surface area contributed by atoms with E-state index in [4.69, 9.17) is 0 Å². The Morgan fingerprint density at radius 1 is 1.13 bits per heavy atom. The Morgan fingerprint density at radius 3 is 2.50 bits per heavy atom. The zero-order chi connectivity index (χ0) is 21.9. The molecule has 2 heterocycles. The highest BCUT2D eigenvalue weighted by atomic mass is 32.2. The Hall–Kier alpha value is -2.88. The van der Waals surface area contributed by atoms with Crippen molar-refractivity contribution >= 4 is 32.8 Å². The summed E-state index contributed by atoms with van der Waals surface area (Å²) in [5.41, 5.74) is 1.22. The van der Waals surface area contributed by atoms with E-state index >= 15 is 0 Å². The van der Waals surface area contributed by atoms with Gasteiger partial charge in [-0.2, -0.15) is 8.42 Å². The molecular weight excluding hydrogens is 408 g/mol. The summed E-state index contributed by atoms with van der Waals surface area (Å²) in [6.45, 7) is 5.21. The third-order valence-electron chi connectivity index (χ3n) is 5.15. The standard InChI is InChI=1S/C20H26N4O5S/c1-14-17(16-8-5-4-6-9-16)30(27,28)22-18(14)23-10-7-11-24(13-12-23)20(26)21-15(2)19(25)29-3/h4-6,8-9,15H,7,10-13H2,1-3H3,(H,21,26)/t15-/m1/s1. The number of nitrogens with one attached hydrogen (secondary N) is 1. The zero-order valence-electron chi connectivity index (χ0n) is 17.3. The van der Waals surface area contributed by atoms with E-state index in [-0.39, 0.29) is 10.9 Å². The number of ether oxygens (including phenoxy) is 1. The van der Waals surface area contributed by atoms with Gasteiger partial charge in [0.25, 0.3) is 10.0 Å². The molecule has 0 radical (unpaired) electrons. The average Bonchev–Trinajstić information content (AvgIpc) is 2.88. The second-order valence-electron chi connectivity index (χ2n) is 7.23. The van der Waals surface area contributed by atoms with Crippen LogP contribution in [0, 0.1) is 0 Å². The molecule has 0 aliphatic carbocycles. The molecule has 2 amide bonds. The molecule has 0 bridgehead atoms. The minimum atomic E-state index is -3.78. The van der Waals surface area contributed by atoms with Crippen molar-refractivity contribution in [2.24, 2.45) is 4.40 Å². The van der Waals surface area contributed by atoms with Gasteiger partial charge in [0.2, 0.25) is 0 Å². The molecule has 30 heavy (non-hydrogen) atoms. The molecule has 2 aliphatic heterocycles. The maximum absolute atomic E-state index is 12.7. The lowest BCUT2D eigenvalue weighted by Gasteiger charge is -2.24. The van der Waals surface area contributed by atoms with E-state index in [9.17, 15) is 18.0 Å². The fourth-order valence-corrected chi connectivity index (χ4v) is 5.10. The third kappa shape index (κ3) is 4.48. The molecule has 1 fully saturated rings. The normalized spacial score (nSPS) is 19.8. The van der Waals surface area contributed by atoms with Crippen molar-refractivity contribution in [2.45, 2.75) is 26.3 Å². The molecule has 2 aliphatic rings. The van der Waals surface area contributed by atoms with Gasteiger partial charge >= 0.3 is 12.0 Å². The van der Waals surface area contributed by atoms with E-state index in [1.165, 1.54) is 7.11 Å². The summed E-state index contributed by atoms with van der Waals surface area (Å²) < 4.78 is 34.1. The summed E-state index contributed by atoms with van der Waals surface area (Å²) in [4.78, 5) is 27.7. The number of nitrogens with zero attached hydrogens (tertiary/aromatic N) is 3. The van der Waals surface area contributed by atoms with E-state index in [0.29, 0.717) is 49.6 Å². The Kier molecular flexibility index (Phi) is 6.45. The number of amidine groups is 1. The van der Waals surface area contributed by atoms with Crippen molar-refractivity contribution in [1.29, 1.82) is 0 Å². The molecule has 0 spiro atoms. The highest BCUT2D eigenvalue weighted by Crippen LogP contribution is 2.33. The van der Waals surface area contributed by atoms with Gasteiger partial charge in [-0.05, 0) is 25.8 Å². The maximum atomic E-state index is 12.7. The van der Waals surface area contributed by atoms with Gasteiger partial charge < -0.3 is 19.9 Å². The lowest BCUT2D eigenvalue weighted by atomic mass is 10.1. The van der Waals surface area contributed by atoms with Gasteiger partial charge in [0.1, 0.15) is 16.8 Å². The first-order valence-electron chi connectivity index (χ1n) is 9.74. The summed E-state index contributed by atoms with van der Waals surface area (Å²) >= 11 is 0. The first kappa shape index (κ1) is 21.8. The van der Waals surface area contributed by atoms with Crippen LogP contribution in [-0.4, -0.2) is 75.4 Å². The monoisotopic (exact) mass is 434 g/mol. The Balaban J connectivity index is 1.73. The van der Waals surface area contributed by atoms with E-state index in [1.807, 2.05) is 11.0 Å². The average molecular weight is 435 g/mol. The van der Waals surface area contributed by atoms with Crippen LogP contribution in [0.2, 0.25) is 0 Å². The first-order valence-corrected chi connectivity index (χ1v) is 11.2. The number of sulfonamides is 1. The smallest absolute Gasteiger partial charge is 0.328 e. The van der Waals surface area contributed by atoms with Crippen LogP contribution in [0.4, 0.5) is 4.79 Å². The largest absolute Gasteiger partial charge is 0.467 e. The van der Waals surface area contributed by atoms with Crippen molar-refractivity contribution in [3.05, 3.63) is 41.5 Å².